The lowest BCUT2D eigenvalue weighted by Crippen LogP contribution is -1.93. The van der Waals surface area contributed by atoms with Crippen molar-refractivity contribution >= 4 is 5.69 Å². The molecule has 0 unspecified atom stereocenters. The molecular weight excluding hydrogens is 234 g/mol. The van der Waals surface area contributed by atoms with Crippen LogP contribution >= 0.6 is 0 Å². The molecule has 2 rings (SSSR count). The lowest BCUT2D eigenvalue weighted by atomic mass is 9.97. The zero-order valence-electron chi connectivity index (χ0n) is 11.9. The molecule has 0 amide bonds. The summed E-state index contributed by atoms with van der Waals surface area (Å²) in [6.07, 6.45) is 0.892. The highest BCUT2D eigenvalue weighted by Crippen LogP contribution is 2.26. The minimum Gasteiger partial charge on any atom is -0.145 e. The Morgan fingerprint density at radius 1 is 0.789 bits per heavy atom. The van der Waals surface area contributed by atoms with Crippen molar-refractivity contribution < 1.29 is 0 Å². The van der Waals surface area contributed by atoms with Gasteiger partial charge in [0.25, 0.3) is 0 Å². The summed E-state index contributed by atoms with van der Waals surface area (Å²) in [6.45, 7) is 8.11. The van der Waals surface area contributed by atoms with Gasteiger partial charge in [-0.05, 0) is 61.5 Å². The van der Waals surface area contributed by atoms with Gasteiger partial charge in [-0.1, -0.05) is 41.5 Å². The third kappa shape index (κ3) is 3.08. The molecule has 2 aromatic rings. The summed E-state index contributed by atoms with van der Waals surface area (Å²) >= 11 is 0. The molecule has 0 aliphatic rings. The van der Waals surface area contributed by atoms with Gasteiger partial charge in [-0.25, -0.2) is 0 Å². The van der Waals surface area contributed by atoms with Crippen molar-refractivity contribution in [2.24, 2.45) is 5.18 Å². The van der Waals surface area contributed by atoms with E-state index in [1.54, 1.807) is 0 Å². The zero-order chi connectivity index (χ0) is 14.0. The Hall–Kier alpha value is -1.96. The number of nitroso groups, excluding NO2 is 1. The van der Waals surface area contributed by atoms with Gasteiger partial charge in [0.05, 0.1) is 0 Å². The van der Waals surface area contributed by atoms with E-state index in [9.17, 15) is 4.91 Å². The van der Waals surface area contributed by atoms with E-state index < -0.39 is 0 Å². The Bertz CT molecular complexity index is 586. The third-order valence-electron chi connectivity index (χ3n) is 3.33. The molecule has 2 nitrogen and oxygen atoms in total. The smallest absolute Gasteiger partial charge is 0.113 e. The van der Waals surface area contributed by atoms with Crippen molar-refractivity contribution in [1.29, 1.82) is 0 Å². The lowest BCUT2D eigenvalue weighted by molar-refractivity contribution is 1.14. The fourth-order valence-electron chi connectivity index (χ4n) is 2.70. The predicted octanol–water partition coefficient (Wildman–Crippen LogP) is 4.91. The molecule has 0 fully saturated rings. The number of hydrogen-bond acceptors (Lipinski definition) is 2. The van der Waals surface area contributed by atoms with Crippen molar-refractivity contribution in [2.75, 3.05) is 0 Å². The molecule has 98 valence electrons. The predicted molar refractivity (Wildman–Crippen MR) is 80.1 cm³/mol. The van der Waals surface area contributed by atoms with Gasteiger partial charge in [0, 0.05) is 0 Å². The van der Waals surface area contributed by atoms with Crippen LogP contribution < -0.4 is 0 Å². The molecule has 0 spiro atoms. The number of benzene rings is 2. The zero-order valence-corrected chi connectivity index (χ0v) is 11.9. The van der Waals surface area contributed by atoms with Crippen molar-refractivity contribution in [3.63, 3.8) is 0 Å². The first-order chi connectivity index (χ1) is 8.99. The summed E-state index contributed by atoms with van der Waals surface area (Å²) in [5.74, 6) is 0. The summed E-state index contributed by atoms with van der Waals surface area (Å²) in [7, 11) is 0. The molecule has 0 atom stereocenters. The first-order valence-electron chi connectivity index (χ1n) is 6.50. The van der Waals surface area contributed by atoms with Gasteiger partial charge in [0.15, 0.2) is 0 Å². The van der Waals surface area contributed by atoms with E-state index in [-0.39, 0.29) is 0 Å². The van der Waals surface area contributed by atoms with Gasteiger partial charge < -0.3 is 0 Å². The Morgan fingerprint density at radius 2 is 1.26 bits per heavy atom. The normalized spacial score (nSPS) is 10.5. The Morgan fingerprint density at radius 3 is 1.74 bits per heavy atom. The van der Waals surface area contributed by atoms with Crippen LogP contribution in [0.15, 0.2) is 35.5 Å². The summed E-state index contributed by atoms with van der Waals surface area (Å²) in [4.78, 5) is 10.8. The van der Waals surface area contributed by atoms with Crippen molar-refractivity contribution in [2.45, 2.75) is 34.1 Å². The van der Waals surface area contributed by atoms with Crippen LogP contribution in [0.3, 0.4) is 0 Å². The molecule has 2 heteroatoms. The molecule has 0 aliphatic heterocycles. The monoisotopic (exact) mass is 253 g/mol. The van der Waals surface area contributed by atoms with E-state index in [2.05, 4.69) is 49.4 Å². The molecule has 0 bridgehead atoms. The number of rotatable bonds is 3. The molecule has 0 aromatic heterocycles. The van der Waals surface area contributed by atoms with Crippen LogP contribution in [0, 0.1) is 32.6 Å². The Balaban J connectivity index is 2.36. The average molecular weight is 253 g/mol. The topological polar surface area (TPSA) is 29.4 Å². The fourth-order valence-corrected chi connectivity index (χ4v) is 2.70. The van der Waals surface area contributed by atoms with E-state index in [1.165, 1.54) is 22.3 Å². The summed E-state index contributed by atoms with van der Waals surface area (Å²) in [5, 5.41) is 3.10. The summed E-state index contributed by atoms with van der Waals surface area (Å²) in [6, 6.07) is 10.7. The first-order valence-corrected chi connectivity index (χ1v) is 6.50. The van der Waals surface area contributed by atoms with Crippen LogP contribution in [0.5, 0.6) is 0 Å². The molecule has 2 aromatic carbocycles. The van der Waals surface area contributed by atoms with Gasteiger partial charge in [-0.2, -0.15) is 0 Å². The second-order valence-corrected chi connectivity index (χ2v) is 5.34. The minimum absolute atomic E-state index is 0.573. The first kappa shape index (κ1) is 13.5. The lowest BCUT2D eigenvalue weighted by Gasteiger charge is -2.09. The second kappa shape index (κ2) is 5.35. The summed E-state index contributed by atoms with van der Waals surface area (Å²) < 4.78 is 0. The SMILES string of the molecule is Cc1cc(C)cc(Cc2cc(C)c(N=O)c(C)c2)c1. The van der Waals surface area contributed by atoms with Crippen LogP contribution in [0.2, 0.25) is 0 Å². The molecule has 0 saturated heterocycles. The number of aryl methyl sites for hydroxylation is 4. The van der Waals surface area contributed by atoms with Gasteiger partial charge in [-0.3, -0.25) is 0 Å². The van der Waals surface area contributed by atoms with E-state index in [0.29, 0.717) is 5.69 Å². The Labute approximate surface area is 114 Å². The van der Waals surface area contributed by atoms with Crippen LogP contribution in [0.25, 0.3) is 0 Å². The highest BCUT2D eigenvalue weighted by molar-refractivity contribution is 5.54. The van der Waals surface area contributed by atoms with Gasteiger partial charge >= 0.3 is 0 Å². The fraction of sp³-hybridized carbons (Fsp3) is 0.294. The summed E-state index contributed by atoms with van der Waals surface area (Å²) in [5.41, 5.74) is 7.59. The maximum absolute atomic E-state index is 10.8. The third-order valence-corrected chi connectivity index (χ3v) is 3.33. The van der Waals surface area contributed by atoms with E-state index >= 15 is 0 Å². The Kier molecular flexibility index (Phi) is 3.79. The molecule has 19 heavy (non-hydrogen) atoms. The van der Waals surface area contributed by atoms with Crippen molar-refractivity contribution in [3.05, 3.63) is 68.6 Å². The molecule has 0 heterocycles. The van der Waals surface area contributed by atoms with Crippen LogP contribution in [0.4, 0.5) is 5.69 Å². The van der Waals surface area contributed by atoms with Crippen molar-refractivity contribution in [3.8, 4) is 0 Å². The van der Waals surface area contributed by atoms with Gasteiger partial charge in [0.1, 0.15) is 5.69 Å². The van der Waals surface area contributed by atoms with Gasteiger partial charge in [-0.15, -0.1) is 4.91 Å². The molecule has 0 N–H and O–H groups in total. The highest BCUT2D eigenvalue weighted by Gasteiger charge is 2.06. The number of nitrogens with zero attached hydrogens (tertiary/aromatic N) is 1. The van der Waals surface area contributed by atoms with Crippen LogP contribution in [-0.2, 0) is 6.42 Å². The highest BCUT2D eigenvalue weighted by atomic mass is 16.3. The molecular formula is C17H19NO. The quantitative estimate of drug-likeness (QED) is 0.715. The molecule has 0 saturated carbocycles. The van der Waals surface area contributed by atoms with Crippen LogP contribution in [-0.4, -0.2) is 0 Å². The maximum Gasteiger partial charge on any atom is 0.113 e. The molecule has 0 aliphatic carbocycles. The second-order valence-electron chi connectivity index (χ2n) is 5.34. The minimum atomic E-state index is 0.573. The largest absolute Gasteiger partial charge is 0.145 e. The average Bonchev–Trinajstić information content (AvgIpc) is 2.26. The van der Waals surface area contributed by atoms with Crippen LogP contribution in [0.1, 0.15) is 33.4 Å². The van der Waals surface area contributed by atoms with Crippen molar-refractivity contribution in [1.82, 2.24) is 0 Å². The standard InChI is InChI=1S/C17H19NO/c1-11-5-12(2)7-15(6-11)10-16-8-13(3)17(18-19)14(4)9-16/h5-9H,10H2,1-4H3. The van der Waals surface area contributed by atoms with E-state index in [0.717, 1.165) is 17.5 Å². The van der Waals surface area contributed by atoms with E-state index in [1.807, 2.05) is 13.8 Å². The number of hydrogen-bond donors (Lipinski definition) is 0. The molecule has 0 radical (unpaired) electrons. The van der Waals surface area contributed by atoms with E-state index in [4.69, 9.17) is 0 Å². The van der Waals surface area contributed by atoms with Gasteiger partial charge in [0.2, 0.25) is 0 Å². The maximum atomic E-state index is 10.8.